The summed E-state index contributed by atoms with van der Waals surface area (Å²) in [6, 6.07) is 5.73. The molecule has 176 valence electrons. The van der Waals surface area contributed by atoms with Crippen LogP contribution in [0.2, 0.25) is 0 Å². The van der Waals surface area contributed by atoms with Gasteiger partial charge in [-0.1, -0.05) is 11.3 Å². The molecule has 4 rings (SSSR count). The lowest BCUT2D eigenvalue weighted by Gasteiger charge is -2.14. The van der Waals surface area contributed by atoms with Crippen molar-refractivity contribution >= 4 is 28.1 Å². The van der Waals surface area contributed by atoms with E-state index in [9.17, 15) is 0 Å². The topological polar surface area (TPSA) is 99.7 Å². The Hall–Kier alpha value is -3.11. The van der Waals surface area contributed by atoms with Gasteiger partial charge in [0, 0.05) is 43.1 Å². The van der Waals surface area contributed by atoms with E-state index in [1.807, 2.05) is 18.2 Å². The fourth-order valence-electron chi connectivity index (χ4n) is 3.54. The van der Waals surface area contributed by atoms with E-state index in [2.05, 4.69) is 22.5 Å². The van der Waals surface area contributed by atoms with Gasteiger partial charge in [-0.05, 0) is 25.8 Å². The van der Waals surface area contributed by atoms with E-state index in [-0.39, 0.29) is 6.04 Å². The smallest absolute Gasteiger partial charge is 0.227 e. The Labute approximate surface area is 197 Å². The van der Waals surface area contributed by atoms with Crippen LogP contribution in [0.1, 0.15) is 31.4 Å². The lowest BCUT2D eigenvalue weighted by Crippen LogP contribution is -2.20. The lowest BCUT2D eigenvalue weighted by molar-refractivity contribution is 0.190. The molecule has 1 aromatic carbocycles. The molecule has 1 atom stereocenters. The molecule has 1 unspecified atom stereocenters. The summed E-state index contributed by atoms with van der Waals surface area (Å²) < 4.78 is 21.5. The van der Waals surface area contributed by atoms with Gasteiger partial charge in [-0.3, -0.25) is 0 Å². The van der Waals surface area contributed by atoms with Gasteiger partial charge in [-0.2, -0.15) is 0 Å². The molecule has 1 aliphatic carbocycles. The van der Waals surface area contributed by atoms with Gasteiger partial charge >= 0.3 is 0 Å². The van der Waals surface area contributed by atoms with Gasteiger partial charge in [-0.25, -0.2) is 15.0 Å². The minimum atomic E-state index is 0.170. The number of thiazole rings is 1. The van der Waals surface area contributed by atoms with Crippen molar-refractivity contribution in [1.82, 2.24) is 15.0 Å². The number of aromatic nitrogens is 3. The van der Waals surface area contributed by atoms with Gasteiger partial charge in [0.2, 0.25) is 11.7 Å². The first-order chi connectivity index (χ1) is 16.1. The summed E-state index contributed by atoms with van der Waals surface area (Å²) in [5, 5.41) is 7.56. The van der Waals surface area contributed by atoms with Crippen molar-refractivity contribution in [1.29, 1.82) is 0 Å². The summed E-state index contributed by atoms with van der Waals surface area (Å²) in [7, 11) is 6.44. The van der Waals surface area contributed by atoms with Crippen LogP contribution in [0.3, 0.4) is 0 Å². The zero-order chi connectivity index (χ0) is 23.4. The predicted molar refractivity (Wildman–Crippen MR) is 129 cm³/mol. The van der Waals surface area contributed by atoms with Crippen LogP contribution in [-0.2, 0) is 4.74 Å². The molecule has 9 nitrogen and oxygen atoms in total. The molecule has 10 heteroatoms. The quantitative estimate of drug-likeness (QED) is 0.412. The molecular formula is C23H29N5O4S. The van der Waals surface area contributed by atoms with E-state index in [1.54, 1.807) is 46.0 Å². The average molecular weight is 472 g/mol. The van der Waals surface area contributed by atoms with Crippen LogP contribution >= 0.6 is 11.3 Å². The van der Waals surface area contributed by atoms with Crippen LogP contribution in [0.4, 0.5) is 16.8 Å². The van der Waals surface area contributed by atoms with Crippen molar-refractivity contribution in [2.45, 2.75) is 31.7 Å². The fraction of sp³-hybridized carbons (Fsp3) is 0.435. The normalized spacial score (nSPS) is 14.0. The van der Waals surface area contributed by atoms with Gasteiger partial charge in [-0.15, -0.1) is 0 Å². The van der Waals surface area contributed by atoms with E-state index >= 15 is 0 Å². The first-order valence-corrected chi connectivity index (χ1v) is 11.5. The number of hydrogen-bond acceptors (Lipinski definition) is 10. The Bertz CT molecular complexity index is 1080. The van der Waals surface area contributed by atoms with E-state index in [0.29, 0.717) is 35.7 Å². The van der Waals surface area contributed by atoms with Crippen molar-refractivity contribution in [3.05, 3.63) is 30.1 Å². The van der Waals surface area contributed by atoms with Crippen LogP contribution in [0.5, 0.6) is 17.2 Å². The van der Waals surface area contributed by atoms with Crippen LogP contribution < -0.4 is 24.8 Å². The van der Waals surface area contributed by atoms with Crippen molar-refractivity contribution in [2.75, 3.05) is 45.7 Å². The summed E-state index contributed by atoms with van der Waals surface area (Å²) in [5.74, 6) is 2.59. The Morgan fingerprint density at radius 3 is 2.39 bits per heavy atom. The highest BCUT2D eigenvalue weighted by Crippen LogP contribution is 2.47. The largest absolute Gasteiger partial charge is 0.493 e. The molecule has 3 aromatic rings. The summed E-state index contributed by atoms with van der Waals surface area (Å²) in [4.78, 5) is 15.1. The summed E-state index contributed by atoms with van der Waals surface area (Å²) in [6.45, 7) is 2.69. The maximum absolute atomic E-state index is 5.44. The van der Waals surface area contributed by atoms with Gasteiger partial charge in [0.15, 0.2) is 16.6 Å². The third kappa shape index (κ3) is 5.28. The molecule has 0 amide bonds. The summed E-state index contributed by atoms with van der Waals surface area (Å²) in [5.41, 5.74) is 2.67. The van der Waals surface area contributed by atoms with E-state index in [0.717, 1.165) is 39.9 Å². The number of anilines is 3. The van der Waals surface area contributed by atoms with Gasteiger partial charge < -0.3 is 29.6 Å². The van der Waals surface area contributed by atoms with Crippen molar-refractivity contribution in [3.63, 3.8) is 0 Å². The molecule has 1 saturated carbocycles. The standard InChI is InChI=1S/C23H29N5O4S/c1-13(12-29-2)25-23-28-19(14-6-7-14)21(33-23)16-8-9-24-22(27-16)26-15-10-17(30-3)20(32-5)18(11-15)31-4/h8-11,13-14H,6-7,12H2,1-5H3,(H,25,28)(H,24,26,27). The zero-order valence-electron chi connectivity index (χ0n) is 19.5. The highest BCUT2D eigenvalue weighted by molar-refractivity contribution is 7.19. The molecule has 2 N–H and O–H groups in total. The second kappa shape index (κ2) is 10.2. The van der Waals surface area contributed by atoms with E-state index in [1.165, 1.54) is 0 Å². The molecule has 33 heavy (non-hydrogen) atoms. The highest BCUT2D eigenvalue weighted by Gasteiger charge is 2.31. The summed E-state index contributed by atoms with van der Waals surface area (Å²) in [6.07, 6.45) is 4.07. The van der Waals surface area contributed by atoms with E-state index < -0.39 is 0 Å². The molecule has 0 spiro atoms. The van der Waals surface area contributed by atoms with Gasteiger partial charge in [0.25, 0.3) is 0 Å². The first kappa shape index (κ1) is 23.1. The lowest BCUT2D eigenvalue weighted by atomic mass is 10.2. The molecule has 0 radical (unpaired) electrons. The monoisotopic (exact) mass is 471 g/mol. The first-order valence-electron chi connectivity index (χ1n) is 10.7. The molecule has 2 aromatic heterocycles. The molecule has 0 aliphatic heterocycles. The maximum Gasteiger partial charge on any atom is 0.227 e. The van der Waals surface area contributed by atoms with Crippen molar-refractivity contribution < 1.29 is 18.9 Å². The Morgan fingerprint density at radius 2 is 1.79 bits per heavy atom. The van der Waals surface area contributed by atoms with Crippen LogP contribution in [0.25, 0.3) is 10.6 Å². The maximum atomic E-state index is 5.44. The second-order valence-electron chi connectivity index (χ2n) is 7.81. The van der Waals surface area contributed by atoms with Crippen LogP contribution in [0.15, 0.2) is 24.4 Å². The van der Waals surface area contributed by atoms with Crippen LogP contribution in [-0.4, -0.2) is 56.0 Å². The number of ether oxygens (including phenoxy) is 4. The molecule has 2 heterocycles. The van der Waals surface area contributed by atoms with Crippen LogP contribution in [0, 0.1) is 0 Å². The van der Waals surface area contributed by atoms with Gasteiger partial charge in [0.05, 0.1) is 44.2 Å². The molecular weight excluding hydrogens is 442 g/mol. The zero-order valence-corrected chi connectivity index (χ0v) is 20.3. The van der Waals surface area contributed by atoms with Gasteiger partial charge in [0.1, 0.15) is 0 Å². The van der Waals surface area contributed by atoms with E-state index in [4.69, 9.17) is 28.9 Å². The minimum absolute atomic E-state index is 0.170. The molecule has 0 saturated heterocycles. The minimum Gasteiger partial charge on any atom is -0.493 e. The Kier molecular flexibility index (Phi) is 7.14. The number of rotatable bonds is 11. The number of benzene rings is 1. The number of hydrogen-bond donors (Lipinski definition) is 2. The molecule has 1 aliphatic rings. The second-order valence-corrected chi connectivity index (χ2v) is 8.81. The number of nitrogens with one attached hydrogen (secondary N) is 2. The van der Waals surface area contributed by atoms with Crippen molar-refractivity contribution in [2.24, 2.45) is 0 Å². The number of nitrogens with zero attached hydrogens (tertiary/aromatic N) is 3. The average Bonchev–Trinajstić information content (AvgIpc) is 3.58. The number of methoxy groups -OCH3 is 4. The Morgan fingerprint density at radius 1 is 1.06 bits per heavy atom. The molecule has 0 bridgehead atoms. The third-order valence-electron chi connectivity index (χ3n) is 5.21. The third-order valence-corrected chi connectivity index (χ3v) is 6.24. The molecule has 1 fully saturated rings. The fourth-order valence-corrected chi connectivity index (χ4v) is 4.67. The Balaban J connectivity index is 1.62. The van der Waals surface area contributed by atoms with Crippen molar-refractivity contribution in [3.8, 4) is 27.8 Å². The summed E-state index contributed by atoms with van der Waals surface area (Å²) >= 11 is 1.61. The SMILES string of the molecule is COCC(C)Nc1nc(C2CC2)c(-c2ccnc(Nc3cc(OC)c(OC)c(OC)c3)n2)s1. The predicted octanol–water partition coefficient (Wildman–Crippen LogP) is 4.69. The highest BCUT2D eigenvalue weighted by atomic mass is 32.1.